The Morgan fingerprint density at radius 3 is 2.28 bits per heavy atom. The summed E-state index contributed by atoms with van der Waals surface area (Å²) in [6.45, 7) is 5.44. The molecule has 0 aliphatic carbocycles. The van der Waals surface area contributed by atoms with Gasteiger partial charge in [-0.3, -0.25) is 0 Å². The highest BCUT2D eigenvalue weighted by Crippen LogP contribution is 2.35. The Morgan fingerprint density at radius 1 is 0.840 bits per heavy atom. The normalized spacial score (nSPS) is 15.8. The van der Waals surface area contributed by atoms with Crippen LogP contribution in [0, 0.1) is 0 Å². The average molecular weight is 330 g/mol. The van der Waals surface area contributed by atoms with Gasteiger partial charge in [0.25, 0.3) is 0 Å². The van der Waals surface area contributed by atoms with Gasteiger partial charge in [0.1, 0.15) is 18.5 Å². The van der Waals surface area contributed by atoms with Crippen LogP contribution in [0.5, 0.6) is 5.75 Å². The maximum absolute atomic E-state index is 6.04. The molecular weight excluding hydrogens is 308 g/mol. The molecule has 4 aromatic rings. The molecule has 1 heterocycles. The molecule has 2 nitrogen and oxygen atoms in total. The first-order valence-electron chi connectivity index (χ1n) is 8.97. The van der Waals surface area contributed by atoms with E-state index in [1.807, 2.05) is 13.8 Å². The molecule has 1 aliphatic rings. The molecule has 0 spiro atoms. The number of benzene rings is 4. The molecule has 5 rings (SSSR count). The van der Waals surface area contributed by atoms with Crippen molar-refractivity contribution in [1.29, 1.82) is 0 Å². The second kappa shape index (κ2) is 6.73. The summed E-state index contributed by atoms with van der Waals surface area (Å²) in [5.74, 6) is 0.943. The molecule has 1 saturated heterocycles. The highest BCUT2D eigenvalue weighted by atomic mass is 16.6. The fourth-order valence-electron chi connectivity index (χ4n) is 3.23. The molecule has 0 amide bonds. The van der Waals surface area contributed by atoms with Crippen LogP contribution in [0.15, 0.2) is 66.7 Å². The predicted molar refractivity (Wildman–Crippen MR) is 106 cm³/mol. The van der Waals surface area contributed by atoms with Gasteiger partial charge < -0.3 is 9.47 Å². The van der Waals surface area contributed by atoms with E-state index < -0.39 is 0 Å². The third-order valence-corrected chi connectivity index (χ3v) is 4.52. The minimum Gasteiger partial charge on any atom is -0.490 e. The van der Waals surface area contributed by atoms with Crippen LogP contribution < -0.4 is 4.74 Å². The summed E-state index contributed by atoms with van der Waals surface area (Å²) in [4.78, 5) is 0. The van der Waals surface area contributed by atoms with Gasteiger partial charge in [-0.1, -0.05) is 62.4 Å². The van der Waals surface area contributed by atoms with Gasteiger partial charge in [0.05, 0.1) is 6.61 Å². The molecule has 0 bridgehead atoms. The van der Waals surface area contributed by atoms with Gasteiger partial charge in [-0.2, -0.15) is 0 Å². The van der Waals surface area contributed by atoms with Crippen LogP contribution in [0.25, 0.3) is 32.3 Å². The molecule has 2 heteroatoms. The van der Waals surface area contributed by atoms with Gasteiger partial charge in [-0.25, -0.2) is 0 Å². The lowest BCUT2D eigenvalue weighted by atomic mass is 9.98. The molecule has 1 atom stereocenters. The Hall–Kier alpha value is -2.58. The minimum atomic E-state index is 0.265. The van der Waals surface area contributed by atoms with Crippen LogP contribution in [-0.4, -0.2) is 19.3 Å². The summed E-state index contributed by atoms with van der Waals surface area (Å²) < 4.78 is 11.3. The first-order chi connectivity index (χ1) is 12.4. The molecule has 0 aromatic heterocycles. The quantitative estimate of drug-likeness (QED) is 0.263. The molecular formula is C23H22O2. The van der Waals surface area contributed by atoms with Gasteiger partial charge in [0.2, 0.25) is 0 Å². The van der Waals surface area contributed by atoms with E-state index >= 15 is 0 Å². The van der Waals surface area contributed by atoms with Gasteiger partial charge in [0.15, 0.2) is 0 Å². The Morgan fingerprint density at radius 2 is 1.52 bits per heavy atom. The second-order valence-corrected chi connectivity index (χ2v) is 6.11. The summed E-state index contributed by atoms with van der Waals surface area (Å²) in [5, 5.41) is 7.42. The van der Waals surface area contributed by atoms with Crippen LogP contribution in [-0.2, 0) is 4.74 Å². The molecule has 0 saturated carbocycles. The van der Waals surface area contributed by atoms with E-state index in [1.54, 1.807) is 0 Å². The Balaban J connectivity index is 0.000000758. The van der Waals surface area contributed by atoms with Gasteiger partial charge in [-0.15, -0.1) is 0 Å². The van der Waals surface area contributed by atoms with Crippen LogP contribution >= 0.6 is 0 Å². The van der Waals surface area contributed by atoms with E-state index in [1.165, 1.54) is 32.3 Å². The molecule has 126 valence electrons. The van der Waals surface area contributed by atoms with E-state index in [0.29, 0.717) is 6.61 Å². The molecule has 0 radical (unpaired) electrons. The number of fused-ring (bicyclic) bond motifs is 4. The SMILES string of the molecule is CC.c1ccc2cc3c(ccc4cccc(OCC5CO5)c43)cc2c1. The van der Waals surface area contributed by atoms with Crippen molar-refractivity contribution in [2.45, 2.75) is 20.0 Å². The van der Waals surface area contributed by atoms with Gasteiger partial charge >= 0.3 is 0 Å². The monoisotopic (exact) mass is 330 g/mol. The Labute approximate surface area is 148 Å². The summed E-state index contributed by atoms with van der Waals surface area (Å²) in [6.07, 6.45) is 0.265. The van der Waals surface area contributed by atoms with E-state index in [9.17, 15) is 0 Å². The summed E-state index contributed by atoms with van der Waals surface area (Å²) in [7, 11) is 0. The van der Waals surface area contributed by atoms with Crippen molar-refractivity contribution in [3.63, 3.8) is 0 Å². The number of hydrogen-bond donors (Lipinski definition) is 0. The Kier molecular flexibility index (Phi) is 4.29. The third kappa shape index (κ3) is 3.06. The van der Waals surface area contributed by atoms with Crippen LogP contribution in [0.1, 0.15) is 13.8 Å². The highest BCUT2D eigenvalue weighted by Gasteiger charge is 2.23. The van der Waals surface area contributed by atoms with Crippen molar-refractivity contribution in [1.82, 2.24) is 0 Å². The lowest BCUT2D eigenvalue weighted by molar-refractivity contribution is 0.265. The molecule has 0 N–H and O–H groups in total. The second-order valence-electron chi connectivity index (χ2n) is 6.11. The summed E-state index contributed by atoms with van der Waals surface area (Å²) >= 11 is 0. The Bertz CT molecular complexity index is 1030. The van der Waals surface area contributed by atoms with E-state index in [4.69, 9.17) is 9.47 Å². The van der Waals surface area contributed by atoms with Crippen molar-refractivity contribution in [3.05, 3.63) is 66.7 Å². The summed E-state index contributed by atoms with van der Waals surface area (Å²) in [5.41, 5.74) is 0. The van der Waals surface area contributed by atoms with Crippen molar-refractivity contribution in [2.75, 3.05) is 13.2 Å². The highest BCUT2D eigenvalue weighted by molar-refractivity contribution is 6.14. The predicted octanol–water partition coefficient (Wildman–Crippen LogP) is 5.95. The zero-order chi connectivity index (χ0) is 17.2. The summed E-state index contributed by atoms with van der Waals surface area (Å²) in [6, 6.07) is 23.6. The van der Waals surface area contributed by atoms with Gasteiger partial charge in [-0.05, 0) is 45.1 Å². The van der Waals surface area contributed by atoms with Crippen LogP contribution in [0.4, 0.5) is 0 Å². The molecule has 1 unspecified atom stereocenters. The molecule has 4 aromatic carbocycles. The first kappa shape index (κ1) is 15.9. The van der Waals surface area contributed by atoms with Crippen molar-refractivity contribution < 1.29 is 9.47 Å². The smallest absolute Gasteiger partial charge is 0.127 e. The number of epoxide rings is 1. The maximum Gasteiger partial charge on any atom is 0.127 e. The fraction of sp³-hybridized carbons (Fsp3) is 0.217. The number of ether oxygens (including phenoxy) is 2. The zero-order valence-corrected chi connectivity index (χ0v) is 14.7. The zero-order valence-electron chi connectivity index (χ0n) is 14.7. The molecule has 1 fully saturated rings. The lowest BCUT2D eigenvalue weighted by Gasteiger charge is -2.12. The largest absolute Gasteiger partial charge is 0.490 e. The van der Waals surface area contributed by atoms with Crippen molar-refractivity contribution >= 4 is 32.3 Å². The minimum absolute atomic E-state index is 0.265. The van der Waals surface area contributed by atoms with Gasteiger partial charge in [0, 0.05) is 5.39 Å². The maximum atomic E-state index is 6.04. The van der Waals surface area contributed by atoms with Crippen LogP contribution in [0.3, 0.4) is 0 Å². The van der Waals surface area contributed by atoms with E-state index in [0.717, 1.165) is 12.4 Å². The average Bonchev–Trinajstić information content (AvgIpc) is 3.50. The van der Waals surface area contributed by atoms with E-state index in [2.05, 4.69) is 66.7 Å². The van der Waals surface area contributed by atoms with E-state index in [-0.39, 0.29) is 6.10 Å². The third-order valence-electron chi connectivity index (χ3n) is 4.52. The number of hydrogen-bond acceptors (Lipinski definition) is 2. The first-order valence-corrected chi connectivity index (χ1v) is 8.97. The number of rotatable bonds is 3. The topological polar surface area (TPSA) is 21.8 Å². The van der Waals surface area contributed by atoms with Crippen molar-refractivity contribution in [3.8, 4) is 5.75 Å². The molecule has 1 aliphatic heterocycles. The fourth-order valence-corrected chi connectivity index (χ4v) is 3.23. The lowest BCUT2D eigenvalue weighted by Crippen LogP contribution is -2.04. The van der Waals surface area contributed by atoms with Crippen LogP contribution in [0.2, 0.25) is 0 Å². The van der Waals surface area contributed by atoms with Crippen molar-refractivity contribution in [2.24, 2.45) is 0 Å². The standard InChI is InChI=1S/C21H16O2.C2H6/c1-2-5-16-11-19-17(10-15(16)4-1)9-8-14-6-3-7-20(21(14)19)23-13-18-12-22-18;1-2/h1-11,18H,12-13H2;1-2H3. The molecule has 25 heavy (non-hydrogen) atoms.